The molecule has 11 nitrogen and oxygen atoms in total. The van der Waals surface area contributed by atoms with Gasteiger partial charge in [0.15, 0.2) is 0 Å². The van der Waals surface area contributed by atoms with Gasteiger partial charge in [-0.2, -0.15) is 0 Å². The number of anilines is 1. The van der Waals surface area contributed by atoms with E-state index < -0.39 is 23.1 Å². The number of rotatable bonds is 6. The van der Waals surface area contributed by atoms with Crippen LogP contribution in [0.5, 0.6) is 0 Å². The molecule has 4 aliphatic rings. The van der Waals surface area contributed by atoms with Gasteiger partial charge in [-0.25, -0.2) is 19.4 Å². The van der Waals surface area contributed by atoms with Crippen LogP contribution in [0.3, 0.4) is 0 Å². The molecule has 2 aromatic rings. The molecule has 0 radical (unpaired) electrons. The lowest BCUT2D eigenvalue weighted by Gasteiger charge is -2.33. The van der Waals surface area contributed by atoms with Crippen molar-refractivity contribution in [3.05, 3.63) is 74.4 Å². The summed E-state index contributed by atoms with van der Waals surface area (Å²) < 4.78 is 18.0. The second-order valence-corrected chi connectivity index (χ2v) is 11.9. The third-order valence-electron chi connectivity index (χ3n) is 8.29. The number of nitrogens with zero attached hydrogens (tertiary/aromatic N) is 4. The zero-order chi connectivity index (χ0) is 29.7. The third-order valence-corrected chi connectivity index (χ3v) is 8.29. The predicted octanol–water partition coefficient (Wildman–Crippen LogP) is 2.60. The highest BCUT2D eigenvalue weighted by molar-refractivity contribution is 5.97. The molecule has 12 heteroatoms. The number of nitrogens with one attached hydrogen (secondary N) is 3. The molecule has 3 amide bonds. The van der Waals surface area contributed by atoms with Gasteiger partial charge in [0, 0.05) is 56.6 Å². The number of hydrogen-bond acceptors (Lipinski definition) is 6. The Labute approximate surface area is 242 Å². The molecular formula is C30H36FN7O4. The first kappa shape index (κ1) is 28.0. The molecule has 222 valence electrons. The zero-order valence-corrected chi connectivity index (χ0v) is 24.0. The summed E-state index contributed by atoms with van der Waals surface area (Å²) in [6.45, 7) is 4.67. The number of piperidine rings is 1. The molecule has 0 spiro atoms. The van der Waals surface area contributed by atoms with E-state index in [4.69, 9.17) is 0 Å². The number of aromatic nitrogens is 2. The Morgan fingerprint density at radius 1 is 1.17 bits per heavy atom. The van der Waals surface area contributed by atoms with Crippen molar-refractivity contribution in [1.29, 1.82) is 0 Å². The number of hydrazine groups is 1. The van der Waals surface area contributed by atoms with Crippen LogP contribution in [0.2, 0.25) is 0 Å². The molecule has 6 rings (SSSR count). The van der Waals surface area contributed by atoms with Crippen molar-refractivity contribution in [2.45, 2.75) is 64.2 Å². The van der Waals surface area contributed by atoms with Gasteiger partial charge in [0.2, 0.25) is 0 Å². The van der Waals surface area contributed by atoms with Crippen LogP contribution in [-0.2, 0) is 11.3 Å². The largest absolute Gasteiger partial charge is 0.348 e. The van der Waals surface area contributed by atoms with Crippen molar-refractivity contribution in [2.24, 2.45) is 5.92 Å². The molecular weight excluding hydrogens is 541 g/mol. The Hall–Kier alpha value is -4.19. The fourth-order valence-electron chi connectivity index (χ4n) is 5.94. The average molecular weight is 578 g/mol. The number of amides is 3. The maximum atomic E-state index is 15.3. The standard InChI is InChI=1S/C30H36FN7O4/c1-17(2)38-26-13-23(31)25(12-22(26)28(40)37(30(38)42)14-18-6-7-18)33-29(41)36-10-4-5-21(16-36)32-27(39)19-8-9-24-20(11-19)15-35(3)34-24/h8-9,11-13,15,17-18,21,24,34H,4-7,10,14,16H2,1-3H3,(H,32,39)(H,33,41)/t21-,24?/m1/s1. The van der Waals surface area contributed by atoms with E-state index in [2.05, 4.69) is 16.1 Å². The molecule has 1 aromatic heterocycles. The summed E-state index contributed by atoms with van der Waals surface area (Å²) in [6, 6.07) is 1.45. The number of halogens is 1. The number of hydrogen-bond donors (Lipinski definition) is 3. The predicted molar refractivity (Wildman–Crippen MR) is 157 cm³/mol. The monoisotopic (exact) mass is 577 g/mol. The van der Waals surface area contributed by atoms with E-state index in [9.17, 15) is 19.2 Å². The van der Waals surface area contributed by atoms with E-state index in [1.54, 1.807) is 6.08 Å². The SMILES string of the molecule is CC(C)n1c(=O)n(CC2CC2)c(=O)c2cc(NC(=O)N3CCC[C@@H](NC(=O)C4=CC5=CN(C)NC5C=C4)C3)c(F)cc21. The van der Waals surface area contributed by atoms with E-state index >= 15 is 4.39 Å². The van der Waals surface area contributed by atoms with Crippen molar-refractivity contribution in [3.8, 4) is 0 Å². The van der Waals surface area contributed by atoms with Gasteiger partial charge in [0.1, 0.15) is 5.82 Å². The zero-order valence-electron chi connectivity index (χ0n) is 24.0. The number of benzene rings is 1. The summed E-state index contributed by atoms with van der Waals surface area (Å²) in [4.78, 5) is 54.2. The van der Waals surface area contributed by atoms with Crippen LogP contribution in [0, 0.1) is 11.7 Å². The summed E-state index contributed by atoms with van der Waals surface area (Å²) in [5, 5.41) is 7.68. The average Bonchev–Trinajstić information content (AvgIpc) is 3.69. The van der Waals surface area contributed by atoms with Gasteiger partial charge >= 0.3 is 11.7 Å². The highest BCUT2D eigenvalue weighted by atomic mass is 19.1. The minimum absolute atomic E-state index is 0.0508. The van der Waals surface area contributed by atoms with Gasteiger partial charge in [-0.3, -0.25) is 18.7 Å². The summed E-state index contributed by atoms with van der Waals surface area (Å²) in [6.07, 6.45) is 10.8. The number of carbonyl (C=O) groups excluding carboxylic acids is 2. The second kappa shape index (κ2) is 10.9. The van der Waals surface area contributed by atoms with E-state index in [1.165, 1.54) is 20.1 Å². The molecule has 2 aliphatic heterocycles. The van der Waals surface area contributed by atoms with Crippen molar-refractivity contribution in [3.63, 3.8) is 0 Å². The smallest absolute Gasteiger partial charge is 0.331 e. The molecule has 1 unspecified atom stereocenters. The normalized spacial score (nSPS) is 21.8. The lowest BCUT2D eigenvalue weighted by Crippen LogP contribution is -2.51. The highest BCUT2D eigenvalue weighted by Crippen LogP contribution is 2.30. The van der Waals surface area contributed by atoms with E-state index in [1.807, 2.05) is 44.3 Å². The number of fused-ring (bicyclic) bond motifs is 2. The van der Waals surface area contributed by atoms with Crippen LogP contribution in [-0.4, -0.2) is 63.2 Å². The van der Waals surface area contributed by atoms with E-state index in [0.717, 1.165) is 24.5 Å². The van der Waals surface area contributed by atoms with Gasteiger partial charge in [0.05, 0.1) is 22.6 Å². The van der Waals surface area contributed by atoms with E-state index in [0.29, 0.717) is 37.4 Å². The molecule has 42 heavy (non-hydrogen) atoms. The van der Waals surface area contributed by atoms with Gasteiger partial charge in [-0.15, -0.1) is 0 Å². The van der Waals surface area contributed by atoms with Gasteiger partial charge < -0.3 is 20.5 Å². The minimum atomic E-state index is -0.735. The van der Waals surface area contributed by atoms with Crippen molar-refractivity contribution >= 4 is 28.5 Å². The van der Waals surface area contributed by atoms with Gasteiger partial charge in [0.25, 0.3) is 11.5 Å². The Bertz CT molecular complexity index is 1670. The molecule has 2 fully saturated rings. The number of carbonyl (C=O) groups is 2. The summed E-state index contributed by atoms with van der Waals surface area (Å²) in [5.41, 5.74) is 3.93. The second-order valence-electron chi connectivity index (χ2n) is 11.9. The molecule has 3 N–H and O–H groups in total. The minimum Gasteiger partial charge on any atom is -0.348 e. The first-order chi connectivity index (χ1) is 20.1. The number of likely N-dealkylation sites (tertiary alicyclic amines) is 1. The summed E-state index contributed by atoms with van der Waals surface area (Å²) >= 11 is 0. The Kier molecular flexibility index (Phi) is 7.25. The van der Waals surface area contributed by atoms with Crippen LogP contribution >= 0.6 is 0 Å². The van der Waals surface area contributed by atoms with Crippen molar-refractivity contribution < 1.29 is 14.0 Å². The molecule has 2 atom stereocenters. The maximum absolute atomic E-state index is 15.3. The van der Waals surface area contributed by atoms with Crippen LogP contribution in [0.1, 0.15) is 45.6 Å². The lowest BCUT2D eigenvalue weighted by molar-refractivity contribution is -0.118. The van der Waals surface area contributed by atoms with Crippen LogP contribution in [0.4, 0.5) is 14.9 Å². The summed E-state index contributed by atoms with van der Waals surface area (Å²) in [7, 11) is 1.90. The Morgan fingerprint density at radius 2 is 1.95 bits per heavy atom. The fraction of sp³-hybridized carbons (Fsp3) is 0.467. The highest BCUT2D eigenvalue weighted by Gasteiger charge is 2.29. The summed E-state index contributed by atoms with van der Waals surface area (Å²) in [5.74, 6) is -0.658. The van der Waals surface area contributed by atoms with Crippen LogP contribution in [0.25, 0.3) is 10.9 Å². The molecule has 1 saturated heterocycles. The topological polar surface area (TPSA) is 121 Å². The first-order valence-electron chi connectivity index (χ1n) is 14.5. The fourth-order valence-corrected chi connectivity index (χ4v) is 5.94. The van der Waals surface area contributed by atoms with Crippen molar-refractivity contribution in [2.75, 3.05) is 25.5 Å². The van der Waals surface area contributed by atoms with Crippen molar-refractivity contribution in [1.82, 2.24) is 29.8 Å². The maximum Gasteiger partial charge on any atom is 0.331 e. The molecule has 2 aliphatic carbocycles. The quantitative estimate of drug-likeness (QED) is 0.486. The van der Waals surface area contributed by atoms with Crippen LogP contribution < -0.4 is 27.3 Å². The van der Waals surface area contributed by atoms with Gasteiger partial charge in [-0.1, -0.05) is 12.2 Å². The van der Waals surface area contributed by atoms with E-state index in [-0.39, 0.29) is 47.2 Å². The first-order valence-corrected chi connectivity index (χ1v) is 14.5. The van der Waals surface area contributed by atoms with Crippen LogP contribution in [0.15, 0.2) is 57.3 Å². The van der Waals surface area contributed by atoms with Gasteiger partial charge in [-0.05, 0) is 63.2 Å². The third kappa shape index (κ3) is 5.38. The molecule has 0 bridgehead atoms. The Morgan fingerprint density at radius 3 is 2.69 bits per heavy atom. The molecule has 1 aromatic carbocycles. The lowest BCUT2D eigenvalue weighted by atomic mass is 9.98. The Balaban J connectivity index is 1.18. The molecule has 3 heterocycles. The molecule has 1 saturated carbocycles. The number of urea groups is 1.